The number of likely N-dealkylation sites (N-methyl/N-ethyl adjacent to an activating group) is 1. The van der Waals surface area contributed by atoms with E-state index >= 15 is 0 Å². The van der Waals surface area contributed by atoms with Gasteiger partial charge in [-0.3, -0.25) is 24.0 Å². The number of carbonyl (C=O) groups is 1. The van der Waals surface area contributed by atoms with E-state index in [0.717, 1.165) is 18.5 Å². The van der Waals surface area contributed by atoms with Gasteiger partial charge in [0.25, 0.3) is 5.56 Å². The topological polar surface area (TPSA) is 108 Å². The molecule has 32 heavy (non-hydrogen) atoms. The van der Waals surface area contributed by atoms with Crippen molar-refractivity contribution in [1.29, 1.82) is 0 Å². The smallest absolute Gasteiger partial charge is 0.330 e. The molecule has 3 N–H and O–H groups in total. The number of benzene rings is 1. The van der Waals surface area contributed by atoms with Gasteiger partial charge in [-0.25, -0.2) is 9.18 Å². The average Bonchev–Trinajstić information content (AvgIpc) is 2.77. The van der Waals surface area contributed by atoms with Crippen molar-refractivity contribution < 1.29 is 9.18 Å². The highest BCUT2D eigenvalue weighted by atomic mass is 19.1. The van der Waals surface area contributed by atoms with Crippen molar-refractivity contribution >= 4 is 23.1 Å². The summed E-state index contributed by atoms with van der Waals surface area (Å²) in [6.45, 7) is 7.25. The maximum Gasteiger partial charge on any atom is 0.330 e. The molecule has 0 radical (unpaired) electrons. The quantitative estimate of drug-likeness (QED) is 0.632. The molecule has 0 saturated carbocycles. The first-order valence-electron chi connectivity index (χ1n) is 11.0. The van der Waals surface area contributed by atoms with Crippen LogP contribution < -0.4 is 26.8 Å². The van der Waals surface area contributed by atoms with Gasteiger partial charge in [-0.05, 0) is 37.6 Å². The van der Waals surface area contributed by atoms with Gasteiger partial charge in [-0.15, -0.1) is 0 Å². The van der Waals surface area contributed by atoms with Gasteiger partial charge < -0.3 is 15.5 Å². The fraction of sp³-hybridized carbons (Fsp3) is 0.500. The molecular formula is C22H31FN6O3. The van der Waals surface area contributed by atoms with Crippen molar-refractivity contribution in [2.24, 2.45) is 0 Å². The summed E-state index contributed by atoms with van der Waals surface area (Å²) in [5.74, 6) is -0.503. The van der Waals surface area contributed by atoms with E-state index in [-0.39, 0.29) is 36.3 Å². The molecule has 1 aromatic heterocycles. The van der Waals surface area contributed by atoms with Gasteiger partial charge >= 0.3 is 5.69 Å². The van der Waals surface area contributed by atoms with E-state index in [1.807, 2.05) is 11.8 Å². The SMILES string of the molecule is CCCCn1c(N)c(N(CC)C(=O)CN2CCN(c3ccc(F)cc3)CC2)c(=O)[nH]c1=O. The van der Waals surface area contributed by atoms with Crippen LogP contribution in [-0.2, 0) is 11.3 Å². The number of unbranched alkanes of at least 4 members (excludes halogenated alkanes) is 1. The predicted molar refractivity (Wildman–Crippen MR) is 124 cm³/mol. The number of piperazine rings is 1. The van der Waals surface area contributed by atoms with Crippen LogP contribution in [0.4, 0.5) is 21.6 Å². The third kappa shape index (κ3) is 5.18. The lowest BCUT2D eigenvalue weighted by atomic mass is 10.2. The summed E-state index contributed by atoms with van der Waals surface area (Å²) in [5, 5.41) is 0. The second-order valence-electron chi connectivity index (χ2n) is 7.88. The second kappa shape index (κ2) is 10.4. The lowest BCUT2D eigenvalue weighted by Gasteiger charge is -2.36. The largest absolute Gasteiger partial charge is 0.383 e. The fourth-order valence-electron chi connectivity index (χ4n) is 3.93. The Morgan fingerprint density at radius 2 is 1.78 bits per heavy atom. The van der Waals surface area contributed by atoms with E-state index < -0.39 is 11.2 Å². The molecule has 174 valence electrons. The number of H-pyrrole nitrogens is 1. The molecular weight excluding hydrogens is 415 g/mol. The molecule has 2 aromatic rings. The number of nitrogens with zero attached hydrogens (tertiary/aromatic N) is 4. The Labute approximate surface area is 186 Å². The molecule has 0 aliphatic carbocycles. The Hall–Kier alpha value is -3.14. The van der Waals surface area contributed by atoms with Crippen molar-refractivity contribution in [1.82, 2.24) is 14.5 Å². The Bertz CT molecular complexity index is 1040. The third-order valence-electron chi connectivity index (χ3n) is 5.76. The Morgan fingerprint density at radius 1 is 1.12 bits per heavy atom. The highest BCUT2D eigenvalue weighted by Crippen LogP contribution is 2.19. The zero-order valence-corrected chi connectivity index (χ0v) is 18.6. The van der Waals surface area contributed by atoms with Gasteiger partial charge in [0, 0.05) is 45.0 Å². The third-order valence-corrected chi connectivity index (χ3v) is 5.76. The van der Waals surface area contributed by atoms with E-state index in [2.05, 4.69) is 9.88 Å². The van der Waals surface area contributed by atoms with Crippen LogP contribution in [0.25, 0.3) is 0 Å². The molecule has 1 aliphatic heterocycles. The molecule has 0 unspecified atom stereocenters. The summed E-state index contributed by atoms with van der Waals surface area (Å²) in [6.07, 6.45) is 1.59. The average molecular weight is 447 g/mol. The monoisotopic (exact) mass is 446 g/mol. The molecule has 1 amide bonds. The zero-order chi connectivity index (χ0) is 23.3. The number of halogens is 1. The maximum absolute atomic E-state index is 13.2. The van der Waals surface area contributed by atoms with Crippen molar-refractivity contribution in [2.45, 2.75) is 33.2 Å². The number of carbonyl (C=O) groups excluding carboxylic acids is 1. The number of nitrogens with two attached hydrogens (primary N) is 1. The maximum atomic E-state index is 13.2. The summed E-state index contributed by atoms with van der Waals surface area (Å²) >= 11 is 0. The normalized spacial score (nSPS) is 14.5. The van der Waals surface area contributed by atoms with Gasteiger partial charge in [0.2, 0.25) is 5.91 Å². The molecule has 3 rings (SSSR count). The summed E-state index contributed by atoms with van der Waals surface area (Å²) in [5.41, 5.74) is 5.92. The van der Waals surface area contributed by atoms with Crippen LogP contribution in [0.15, 0.2) is 33.9 Å². The van der Waals surface area contributed by atoms with Crippen molar-refractivity contribution in [3.8, 4) is 0 Å². The van der Waals surface area contributed by atoms with E-state index in [0.29, 0.717) is 32.7 Å². The van der Waals surface area contributed by atoms with Crippen LogP contribution in [0, 0.1) is 5.82 Å². The molecule has 9 nitrogen and oxygen atoms in total. The van der Waals surface area contributed by atoms with Gasteiger partial charge in [0.15, 0.2) is 5.69 Å². The number of rotatable bonds is 8. The van der Waals surface area contributed by atoms with Gasteiger partial charge in [-0.1, -0.05) is 13.3 Å². The van der Waals surface area contributed by atoms with Crippen LogP contribution >= 0.6 is 0 Å². The van der Waals surface area contributed by atoms with E-state index in [1.54, 1.807) is 19.1 Å². The van der Waals surface area contributed by atoms with Gasteiger partial charge in [-0.2, -0.15) is 0 Å². The highest BCUT2D eigenvalue weighted by molar-refractivity contribution is 5.96. The van der Waals surface area contributed by atoms with Crippen LogP contribution in [0.2, 0.25) is 0 Å². The minimum Gasteiger partial charge on any atom is -0.383 e. The summed E-state index contributed by atoms with van der Waals surface area (Å²) < 4.78 is 14.5. The molecule has 1 aromatic carbocycles. The fourth-order valence-corrected chi connectivity index (χ4v) is 3.93. The number of aromatic nitrogens is 2. The molecule has 1 saturated heterocycles. The van der Waals surface area contributed by atoms with E-state index in [1.165, 1.54) is 21.6 Å². The Kier molecular flexibility index (Phi) is 7.68. The number of nitrogens with one attached hydrogen (secondary N) is 1. The zero-order valence-electron chi connectivity index (χ0n) is 18.6. The number of hydrogen-bond donors (Lipinski definition) is 2. The molecule has 10 heteroatoms. The van der Waals surface area contributed by atoms with Gasteiger partial charge in [0.05, 0.1) is 6.54 Å². The molecule has 0 bridgehead atoms. The number of nitrogen functional groups attached to an aromatic ring is 1. The predicted octanol–water partition coefficient (Wildman–Crippen LogP) is 1.23. The number of anilines is 3. The summed E-state index contributed by atoms with van der Waals surface area (Å²) in [7, 11) is 0. The second-order valence-corrected chi connectivity index (χ2v) is 7.88. The van der Waals surface area contributed by atoms with Gasteiger partial charge in [0.1, 0.15) is 11.6 Å². The highest BCUT2D eigenvalue weighted by Gasteiger charge is 2.26. The molecule has 2 heterocycles. The number of aromatic amines is 1. The Balaban J connectivity index is 1.70. The van der Waals surface area contributed by atoms with Crippen molar-refractivity contribution in [3.63, 3.8) is 0 Å². The first kappa shape index (κ1) is 23.5. The first-order valence-corrected chi connectivity index (χ1v) is 11.0. The summed E-state index contributed by atoms with van der Waals surface area (Å²) in [4.78, 5) is 45.6. The summed E-state index contributed by atoms with van der Waals surface area (Å²) in [6, 6.07) is 6.37. The molecule has 1 fully saturated rings. The number of amides is 1. The number of hydrogen-bond acceptors (Lipinski definition) is 6. The first-order chi connectivity index (χ1) is 15.3. The van der Waals surface area contributed by atoms with Crippen LogP contribution in [-0.4, -0.2) is 59.6 Å². The molecule has 0 spiro atoms. The van der Waals surface area contributed by atoms with Crippen LogP contribution in [0.5, 0.6) is 0 Å². The van der Waals surface area contributed by atoms with Crippen LogP contribution in [0.3, 0.4) is 0 Å². The van der Waals surface area contributed by atoms with Crippen molar-refractivity contribution in [3.05, 3.63) is 50.9 Å². The van der Waals surface area contributed by atoms with E-state index in [9.17, 15) is 18.8 Å². The lowest BCUT2D eigenvalue weighted by molar-refractivity contribution is -0.119. The minimum absolute atomic E-state index is 0.0172. The Morgan fingerprint density at radius 3 is 2.38 bits per heavy atom. The minimum atomic E-state index is -0.656. The molecule has 1 aliphatic rings. The lowest BCUT2D eigenvalue weighted by Crippen LogP contribution is -2.51. The van der Waals surface area contributed by atoms with Crippen molar-refractivity contribution in [2.75, 3.05) is 54.8 Å². The van der Waals surface area contributed by atoms with Crippen LogP contribution in [0.1, 0.15) is 26.7 Å². The van der Waals surface area contributed by atoms with E-state index in [4.69, 9.17) is 5.73 Å². The molecule has 0 atom stereocenters. The standard InChI is InChI=1S/C22H31FN6O3/c1-3-5-10-29-20(24)19(21(31)25-22(29)32)28(4-2)18(30)15-26-11-13-27(14-12-26)17-8-6-16(23)7-9-17/h6-9H,3-5,10-15,24H2,1-2H3,(H,25,31,32).